The Morgan fingerprint density at radius 2 is 1.87 bits per heavy atom. The van der Waals surface area contributed by atoms with Crippen molar-refractivity contribution >= 4 is 29.0 Å². The Balaban J connectivity index is 1.34. The molecule has 0 spiro atoms. The number of carbonyl (C=O) groups is 3. The third-order valence-electron chi connectivity index (χ3n) is 6.07. The second-order valence-electron chi connectivity index (χ2n) is 8.31. The summed E-state index contributed by atoms with van der Waals surface area (Å²) >= 11 is 1.37. The van der Waals surface area contributed by atoms with Crippen LogP contribution in [0.5, 0.6) is 0 Å². The molecule has 2 aliphatic carbocycles. The van der Waals surface area contributed by atoms with Crippen molar-refractivity contribution in [2.75, 3.05) is 6.61 Å². The number of benzene rings is 1. The number of carbonyl (C=O) groups excluding carboxylic acids is 3. The second kappa shape index (κ2) is 9.08. The van der Waals surface area contributed by atoms with Crippen molar-refractivity contribution in [3.05, 3.63) is 51.8 Å². The summed E-state index contributed by atoms with van der Waals surface area (Å²) in [5, 5.41) is 1.88. The molecule has 0 aliphatic heterocycles. The number of thiazole rings is 1. The molecule has 30 heavy (non-hydrogen) atoms. The molecule has 7 heteroatoms. The number of Topliss-reactive ketones (excluding diaryl/α,β-unsaturated/α-hetero) is 1. The number of aryl methyl sites for hydroxylation is 1. The summed E-state index contributed by atoms with van der Waals surface area (Å²) in [6.45, 7) is 2.30. The predicted molar refractivity (Wildman–Crippen MR) is 113 cm³/mol. The average Bonchev–Trinajstić information content (AvgIpc) is 3.14. The average molecular weight is 427 g/mol. The number of ketones is 1. The molecular formula is C23H26N2O4S. The number of fused-ring (bicyclic) bond motifs is 2. The molecule has 1 amide bonds. The van der Waals surface area contributed by atoms with Gasteiger partial charge in [-0.1, -0.05) is 36.2 Å². The fraction of sp³-hybridized carbons (Fsp3) is 0.478. The van der Waals surface area contributed by atoms with Crippen LogP contribution in [0.2, 0.25) is 0 Å². The fourth-order valence-electron chi connectivity index (χ4n) is 4.46. The van der Waals surface area contributed by atoms with Gasteiger partial charge in [0.1, 0.15) is 5.78 Å². The molecule has 2 aromatic rings. The van der Waals surface area contributed by atoms with Crippen LogP contribution in [0.1, 0.15) is 43.2 Å². The molecule has 1 heterocycles. The van der Waals surface area contributed by atoms with Gasteiger partial charge in [0.05, 0.1) is 5.92 Å². The van der Waals surface area contributed by atoms with Crippen molar-refractivity contribution in [1.29, 1.82) is 0 Å². The molecule has 2 fully saturated rings. The van der Waals surface area contributed by atoms with Crippen LogP contribution in [0.25, 0.3) is 0 Å². The Morgan fingerprint density at radius 1 is 1.17 bits per heavy atom. The summed E-state index contributed by atoms with van der Waals surface area (Å²) in [6.07, 6.45) is 5.80. The number of hydrogen-bond donors (Lipinski definition) is 0. The van der Waals surface area contributed by atoms with Gasteiger partial charge in [-0.3, -0.25) is 14.4 Å². The van der Waals surface area contributed by atoms with E-state index in [9.17, 15) is 14.4 Å². The molecule has 1 unspecified atom stereocenters. The van der Waals surface area contributed by atoms with Crippen LogP contribution >= 0.6 is 11.3 Å². The van der Waals surface area contributed by atoms with Crippen molar-refractivity contribution < 1.29 is 19.1 Å². The summed E-state index contributed by atoms with van der Waals surface area (Å²) in [7, 11) is 0. The monoisotopic (exact) mass is 426 g/mol. The number of nitrogens with zero attached hydrogens (tertiary/aromatic N) is 2. The lowest BCUT2D eigenvalue weighted by Gasteiger charge is -2.36. The highest BCUT2D eigenvalue weighted by atomic mass is 32.1. The molecule has 6 nitrogen and oxygen atoms in total. The van der Waals surface area contributed by atoms with Crippen LogP contribution in [0.4, 0.5) is 0 Å². The number of hydrogen-bond acceptors (Lipinski definition) is 5. The van der Waals surface area contributed by atoms with E-state index < -0.39 is 5.91 Å². The molecule has 2 bridgehead atoms. The van der Waals surface area contributed by atoms with E-state index >= 15 is 0 Å². The fourth-order valence-corrected chi connectivity index (χ4v) is 5.20. The molecular weight excluding hydrogens is 400 g/mol. The van der Waals surface area contributed by atoms with Gasteiger partial charge in [-0.05, 0) is 38.2 Å². The third kappa shape index (κ3) is 4.78. The van der Waals surface area contributed by atoms with E-state index in [4.69, 9.17) is 4.74 Å². The zero-order valence-electron chi connectivity index (χ0n) is 17.1. The standard InChI is InChI=1S/C23H26N2O4S/c1-15-5-7-16(8-6-15)13-25-9-10-30-23(25)24-20(26)14-29-22(28)19-11-17-3-2-4-18(12-19)21(17)27/h5-10,17-19H,2-4,11-14H2,1H3/t17-,18+,19?. The minimum atomic E-state index is -0.476. The SMILES string of the molecule is Cc1ccc(Cn2ccsc2=NC(=O)COC(=O)C2C[C@H]3CCC[C@@H](C2)C3=O)cc1. The molecule has 0 N–H and O–H groups in total. The first kappa shape index (κ1) is 20.7. The summed E-state index contributed by atoms with van der Waals surface area (Å²) in [6, 6.07) is 8.21. The normalized spacial score (nSPS) is 24.0. The van der Waals surface area contributed by atoms with E-state index in [1.54, 1.807) is 0 Å². The van der Waals surface area contributed by atoms with Crippen LogP contribution < -0.4 is 4.80 Å². The lowest BCUT2D eigenvalue weighted by Crippen LogP contribution is -2.39. The van der Waals surface area contributed by atoms with Crippen molar-refractivity contribution in [3.63, 3.8) is 0 Å². The molecule has 1 aromatic heterocycles. The zero-order valence-corrected chi connectivity index (χ0v) is 17.9. The van der Waals surface area contributed by atoms with Gasteiger partial charge in [-0.2, -0.15) is 4.99 Å². The Hall–Kier alpha value is -2.54. The molecule has 3 atom stereocenters. The van der Waals surface area contributed by atoms with Crippen LogP contribution in [0.3, 0.4) is 0 Å². The predicted octanol–water partition coefficient (Wildman–Crippen LogP) is 3.27. The Kier molecular flexibility index (Phi) is 6.27. The van der Waals surface area contributed by atoms with Crippen molar-refractivity contribution in [2.45, 2.75) is 45.6 Å². The van der Waals surface area contributed by atoms with Crippen LogP contribution in [0, 0.1) is 24.7 Å². The molecule has 0 radical (unpaired) electrons. The first-order valence-corrected chi connectivity index (χ1v) is 11.3. The quantitative estimate of drug-likeness (QED) is 0.688. The highest BCUT2D eigenvalue weighted by Crippen LogP contribution is 2.40. The van der Waals surface area contributed by atoms with Gasteiger partial charge < -0.3 is 9.30 Å². The van der Waals surface area contributed by atoms with Crippen LogP contribution in [-0.2, 0) is 25.7 Å². The lowest BCUT2D eigenvalue weighted by molar-refractivity contribution is -0.156. The van der Waals surface area contributed by atoms with Gasteiger partial charge in [0.25, 0.3) is 5.91 Å². The third-order valence-corrected chi connectivity index (χ3v) is 6.87. The van der Waals surface area contributed by atoms with Crippen LogP contribution in [0.15, 0.2) is 40.8 Å². The van der Waals surface area contributed by atoms with Gasteiger partial charge in [0, 0.05) is 30.0 Å². The number of esters is 1. The summed E-state index contributed by atoms with van der Waals surface area (Å²) in [5.74, 6) is -0.840. The number of ether oxygens (including phenoxy) is 1. The van der Waals surface area contributed by atoms with E-state index in [-0.39, 0.29) is 30.3 Å². The van der Waals surface area contributed by atoms with Crippen molar-refractivity contribution in [2.24, 2.45) is 22.7 Å². The highest BCUT2D eigenvalue weighted by molar-refractivity contribution is 7.07. The van der Waals surface area contributed by atoms with E-state index in [1.165, 1.54) is 16.9 Å². The minimum Gasteiger partial charge on any atom is -0.455 e. The van der Waals surface area contributed by atoms with E-state index in [0.717, 1.165) is 24.8 Å². The maximum absolute atomic E-state index is 12.4. The van der Waals surface area contributed by atoms with Crippen LogP contribution in [-0.4, -0.2) is 28.8 Å². The molecule has 2 saturated carbocycles. The lowest BCUT2D eigenvalue weighted by atomic mass is 9.67. The van der Waals surface area contributed by atoms with Gasteiger partial charge in [-0.25, -0.2) is 0 Å². The van der Waals surface area contributed by atoms with Gasteiger partial charge in [-0.15, -0.1) is 11.3 Å². The summed E-state index contributed by atoms with van der Waals surface area (Å²) in [4.78, 5) is 41.6. The highest BCUT2D eigenvalue weighted by Gasteiger charge is 2.41. The Labute approximate surface area is 179 Å². The Bertz CT molecular complexity index is 989. The molecule has 1 aromatic carbocycles. The zero-order chi connectivity index (χ0) is 21.1. The number of rotatable bonds is 5. The second-order valence-corrected chi connectivity index (χ2v) is 9.18. The Morgan fingerprint density at radius 3 is 2.57 bits per heavy atom. The largest absolute Gasteiger partial charge is 0.455 e. The number of aromatic nitrogens is 1. The van der Waals surface area contributed by atoms with Gasteiger partial charge >= 0.3 is 5.97 Å². The maximum Gasteiger partial charge on any atom is 0.309 e. The molecule has 0 saturated heterocycles. The van der Waals surface area contributed by atoms with E-state index in [2.05, 4.69) is 29.3 Å². The number of amides is 1. The minimum absolute atomic E-state index is 0.0118. The topological polar surface area (TPSA) is 77.7 Å². The van der Waals surface area contributed by atoms with E-state index in [0.29, 0.717) is 30.0 Å². The first-order valence-electron chi connectivity index (χ1n) is 10.5. The molecule has 2 aliphatic rings. The van der Waals surface area contributed by atoms with Gasteiger partial charge in [0.2, 0.25) is 0 Å². The van der Waals surface area contributed by atoms with Crippen molar-refractivity contribution in [3.8, 4) is 0 Å². The maximum atomic E-state index is 12.4. The van der Waals surface area contributed by atoms with E-state index in [1.807, 2.05) is 23.1 Å². The first-order chi connectivity index (χ1) is 14.5. The van der Waals surface area contributed by atoms with Crippen molar-refractivity contribution in [1.82, 2.24) is 4.57 Å². The van der Waals surface area contributed by atoms with Gasteiger partial charge in [0.15, 0.2) is 11.4 Å². The molecule has 4 rings (SSSR count). The summed E-state index contributed by atoms with van der Waals surface area (Å²) in [5.41, 5.74) is 2.32. The molecule has 158 valence electrons. The smallest absolute Gasteiger partial charge is 0.309 e. The summed E-state index contributed by atoms with van der Waals surface area (Å²) < 4.78 is 7.17.